The first-order valence-corrected chi connectivity index (χ1v) is 11.2. The van der Waals surface area contributed by atoms with Crippen LogP contribution in [0.1, 0.15) is 33.9 Å². The minimum absolute atomic E-state index is 0.0753. The van der Waals surface area contributed by atoms with Gasteiger partial charge >= 0.3 is 12.4 Å². The van der Waals surface area contributed by atoms with Gasteiger partial charge in [0.1, 0.15) is 6.04 Å². The molecule has 0 aliphatic carbocycles. The Bertz CT molecular complexity index is 1020. The first kappa shape index (κ1) is 25.5. The molecule has 2 aromatic carbocycles. The van der Waals surface area contributed by atoms with Crippen LogP contribution in [0.2, 0.25) is 0 Å². The van der Waals surface area contributed by atoms with E-state index < -0.39 is 42.0 Å². The summed E-state index contributed by atoms with van der Waals surface area (Å²) in [6, 6.07) is 8.05. The van der Waals surface area contributed by atoms with Gasteiger partial charge in [-0.3, -0.25) is 14.6 Å². The average molecular weight is 501 g/mol. The van der Waals surface area contributed by atoms with Gasteiger partial charge in [0.05, 0.1) is 24.3 Å². The lowest BCUT2D eigenvalue weighted by atomic mass is 10.0. The second kappa shape index (κ2) is 10.2. The van der Waals surface area contributed by atoms with E-state index in [1.807, 2.05) is 23.1 Å². The molecule has 0 bridgehead atoms. The zero-order valence-corrected chi connectivity index (χ0v) is 18.8. The summed E-state index contributed by atoms with van der Waals surface area (Å²) in [7, 11) is 0. The number of carbonyl (C=O) groups excluding carboxylic acids is 1. The van der Waals surface area contributed by atoms with Gasteiger partial charge in [-0.1, -0.05) is 24.3 Å². The maximum atomic E-state index is 13.2. The van der Waals surface area contributed by atoms with Crippen molar-refractivity contribution in [3.05, 3.63) is 70.3 Å². The van der Waals surface area contributed by atoms with Crippen LogP contribution >= 0.6 is 0 Å². The van der Waals surface area contributed by atoms with E-state index in [9.17, 15) is 31.1 Å². The van der Waals surface area contributed by atoms with Crippen LogP contribution in [0.3, 0.4) is 0 Å². The van der Waals surface area contributed by atoms with Crippen molar-refractivity contribution < 1.29 is 35.9 Å². The van der Waals surface area contributed by atoms with Gasteiger partial charge in [0.15, 0.2) is 0 Å². The highest BCUT2D eigenvalue weighted by molar-refractivity contribution is 5.84. The van der Waals surface area contributed by atoms with E-state index in [0.29, 0.717) is 45.0 Å². The Morgan fingerprint density at radius 1 is 0.943 bits per heavy atom. The van der Waals surface area contributed by atoms with Gasteiger partial charge in [0, 0.05) is 39.3 Å². The van der Waals surface area contributed by atoms with Crippen LogP contribution in [0.4, 0.5) is 26.3 Å². The Morgan fingerprint density at radius 3 is 2.20 bits per heavy atom. The van der Waals surface area contributed by atoms with E-state index in [1.165, 1.54) is 0 Å². The van der Waals surface area contributed by atoms with Gasteiger partial charge in [0.25, 0.3) is 0 Å². The minimum atomic E-state index is -4.94. The highest BCUT2D eigenvalue weighted by Crippen LogP contribution is 2.37. The molecular weight excluding hydrogens is 476 g/mol. The third-order valence-corrected chi connectivity index (χ3v) is 6.26. The van der Waals surface area contributed by atoms with Gasteiger partial charge < -0.3 is 10.1 Å². The fourth-order valence-electron chi connectivity index (χ4n) is 4.47. The van der Waals surface area contributed by atoms with Gasteiger partial charge in [-0.2, -0.15) is 26.3 Å². The smallest absolute Gasteiger partial charge is 0.379 e. The van der Waals surface area contributed by atoms with Crippen LogP contribution in [0.15, 0.2) is 42.5 Å². The molecule has 1 atom stereocenters. The number of amides is 1. The van der Waals surface area contributed by atoms with Crippen molar-refractivity contribution in [3.8, 4) is 0 Å². The fourth-order valence-corrected chi connectivity index (χ4v) is 4.47. The Labute approximate surface area is 198 Å². The molecule has 1 amide bonds. The summed E-state index contributed by atoms with van der Waals surface area (Å²) >= 11 is 0. The lowest BCUT2D eigenvalue weighted by Gasteiger charge is -2.30. The Balaban J connectivity index is 1.50. The molecule has 0 radical (unpaired) electrons. The van der Waals surface area contributed by atoms with Crippen LogP contribution < -0.4 is 5.32 Å². The van der Waals surface area contributed by atoms with E-state index in [2.05, 4.69) is 10.2 Å². The van der Waals surface area contributed by atoms with E-state index >= 15 is 0 Å². The van der Waals surface area contributed by atoms with Gasteiger partial charge in [0.2, 0.25) is 5.91 Å². The Hall–Kier alpha value is -2.63. The number of rotatable bonds is 6. The van der Waals surface area contributed by atoms with Crippen molar-refractivity contribution in [1.82, 2.24) is 15.1 Å². The SMILES string of the molecule is O=C(NCc1cc(C(F)(F)F)cc(C(F)(F)F)c1)C1c2ccccc2CN1CCN1CCOCC1. The molecular formula is C24H25F6N3O2. The van der Waals surface area contributed by atoms with Crippen molar-refractivity contribution in [1.29, 1.82) is 0 Å². The van der Waals surface area contributed by atoms with E-state index in [-0.39, 0.29) is 11.6 Å². The molecule has 5 nitrogen and oxygen atoms in total. The van der Waals surface area contributed by atoms with E-state index in [0.717, 1.165) is 24.2 Å². The summed E-state index contributed by atoms with van der Waals surface area (Å²) in [5, 5.41) is 2.56. The molecule has 1 saturated heterocycles. The number of hydrogen-bond acceptors (Lipinski definition) is 4. The predicted octanol–water partition coefficient (Wildman–Crippen LogP) is 4.23. The van der Waals surface area contributed by atoms with Crippen LogP contribution in [-0.4, -0.2) is 55.1 Å². The first-order valence-electron chi connectivity index (χ1n) is 11.2. The zero-order chi connectivity index (χ0) is 25.2. The van der Waals surface area contributed by atoms with Crippen LogP contribution in [0, 0.1) is 0 Å². The lowest BCUT2D eigenvalue weighted by Crippen LogP contribution is -2.43. The minimum Gasteiger partial charge on any atom is -0.379 e. The second-order valence-electron chi connectivity index (χ2n) is 8.66. The maximum absolute atomic E-state index is 13.2. The first-order chi connectivity index (χ1) is 16.5. The van der Waals surface area contributed by atoms with Crippen LogP contribution in [0.5, 0.6) is 0 Å². The summed E-state index contributed by atoms with van der Waals surface area (Å²) in [5.74, 6) is -0.470. The number of benzene rings is 2. The molecule has 0 saturated carbocycles. The summed E-state index contributed by atoms with van der Waals surface area (Å²) in [6.07, 6.45) is -9.89. The quantitative estimate of drug-likeness (QED) is 0.602. The monoisotopic (exact) mass is 501 g/mol. The zero-order valence-electron chi connectivity index (χ0n) is 18.8. The molecule has 0 aromatic heterocycles. The molecule has 2 aromatic rings. The van der Waals surface area contributed by atoms with Gasteiger partial charge in [-0.25, -0.2) is 0 Å². The van der Waals surface area contributed by atoms with E-state index in [4.69, 9.17) is 4.74 Å². The van der Waals surface area contributed by atoms with E-state index in [1.54, 1.807) is 6.07 Å². The van der Waals surface area contributed by atoms with Crippen LogP contribution in [0.25, 0.3) is 0 Å². The molecule has 1 fully saturated rings. The summed E-state index contributed by atoms with van der Waals surface area (Å²) in [5.41, 5.74) is -1.34. The number of carbonyl (C=O) groups is 1. The van der Waals surface area contributed by atoms with Crippen molar-refractivity contribution in [3.63, 3.8) is 0 Å². The number of nitrogens with one attached hydrogen (secondary N) is 1. The molecule has 2 aliphatic rings. The number of fused-ring (bicyclic) bond motifs is 1. The molecule has 11 heteroatoms. The largest absolute Gasteiger partial charge is 0.416 e. The lowest BCUT2D eigenvalue weighted by molar-refractivity contribution is -0.143. The summed E-state index contributed by atoms with van der Waals surface area (Å²) in [4.78, 5) is 17.4. The van der Waals surface area contributed by atoms with Crippen molar-refractivity contribution >= 4 is 5.91 Å². The number of halogens is 6. The van der Waals surface area contributed by atoms with Crippen molar-refractivity contribution in [2.24, 2.45) is 0 Å². The third-order valence-electron chi connectivity index (χ3n) is 6.26. The van der Waals surface area contributed by atoms with Crippen molar-refractivity contribution in [2.45, 2.75) is 31.5 Å². The second-order valence-corrected chi connectivity index (χ2v) is 8.66. The molecule has 190 valence electrons. The summed E-state index contributed by atoms with van der Waals surface area (Å²) < 4.78 is 84.3. The number of hydrogen-bond donors (Lipinski definition) is 1. The molecule has 35 heavy (non-hydrogen) atoms. The highest BCUT2D eigenvalue weighted by atomic mass is 19.4. The topological polar surface area (TPSA) is 44.8 Å². The van der Waals surface area contributed by atoms with Gasteiger partial charge in [-0.15, -0.1) is 0 Å². The highest BCUT2D eigenvalue weighted by Gasteiger charge is 2.38. The summed E-state index contributed by atoms with van der Waals surface area (Å²) in [6.45, 7) is 4.21. The molecule has 1 unspecified atom stereocenters. The van der Waals surface area contributed by atoms with Crippen molar-refractivity contribution in [2.75, 3.05) is 39.4 Å². The molecule has 1 N–H and O–H groups in total. The molecule has 0 spiro atoms. The number of nitrogens with zero attached hydrogens (tertiary/aromatic N) is 2. The third kappa shape index (κ3) is 6.14. The van der Waals surface area contributed by atoms with Crippen LogP contribution in [-0.2, 0) is 35.0 Å². The number of ether oxygens (including phenoxy) is 1. The number of morpholine rings is 1. The molecule has 2 heterocycles. The standard InChI is InChI=1S/C24H25F6N3O2/c25-23(26,27)18-11-16(12-19(13-18)24(28,29)30)14-31-22(34)21-20-4-2-1-3-17(20)15-33(21)6-5-32-7-9-35-10-8-32/h1-4,11-13,21H,5-10,14-15H2,(H,31,34). The maximum Gasteiger partial charge on any atom is 0.416 e. The Morgan fingerprint density at radius 2 is 1.57 bits per heavy atom. The average Bonchev–Trinajstić information content (AvgIpc) is 3.19. The van der Waals surface area contributed by atoms with Gasteiger partial charge in [-0.05, 0) is 34.9 Å². The normalized spacial score (nSPS) is 19.5. The molecule has 2 aliphatic heterocycles. The fraction of sp³-hybridized carbons (Fsp3) is 0.458. The Kier molecular flexibility index (Phi) is 7.39. The predicted molar refractivity (Wildman–Crippen MR) is 115 cm³/mol. The molecule has 4 rings (SSSR count). The number of alkyl halides is 6.